The molecule has 2 heteroatoms. The van der Waals surface area contributed by atoms with Crippen LogP contribution in [0.5, 0.6) is 0 Å². The average Bonchev–Trinajstić information content (AvgIpc) is 3.05. The zero-order valence-corrected chi connectivity index (χ0v) is 10.8. The molecule has 0 saturated heterocycles. The maximum Gasteiger partial charge on any atom is 0.0518 e. The molecule has 0 aromatic heterocycles. The summed E-state index contributed by atoms with van der Waals surface area (Å²) in [5.41, 5.74) is 7.13. The Morgan fingerprint density at radius 2 is 1.83 bits per heavy atom. The predicted molar refractivity (Wildman–Crippen MR) is 78.8 cm³/mol. The van der Waals surface area contributed by atoms with Gasteiger partial charge in [0.25, 0.3) is 0 Å². The molecule has 1 nitrogen and oxygen atoms in total. The lowest BCUT2D eigenvalue weighted by Gasteiger charge is -2.19. The lowest BCUT2D eigenvalue weighted by Crippen LogP contribution is -2.11. The third-order valence-corrected chi connectivity index (χ3v) is 4.56. The third-order valence-electron chi connectivity index (χ3n) is 3.65. The first-order valence-corrected chi connectivity index (χ1v) is 7.06. The second-order valence-electron chi connectivity index (χ2n) is 4.68. The van der Waals surface area contributed by atoms with Gasteiger partial charge in [0.1, 0.15) is 0 Å². The highest BCUT2D eigenvalue weighted by atomic mass is 32.2. The fourth-order valence-corrected chi connectivity index (χ4v) is 3.60. The van der Waals surface area contributed by atoms with Gasteiger partial charge in [0.05, 0.1) is 5.69 Å². The summed E-state index contributed by atoms with van der Waals surface area (Å²) in [7, 11) is 0. The van der Waals surface area contributed by atoms with Gasteiger partial charge in [-0.25, -0.2) is 0 Å². The molecular formula is C16H13NS. The molecule has 0 spiro atoms. The molecule has 0 bridgehead atoms. The van der Waals surface area contributed by atoms with Crippen molar-refractivity contribution in [3.8, 4) is 11.1 Å². The lowest BCUT2D eigenvalue weighted by atomic mass is 10.1. The summed E-state index contributed by atoms with van der Waals surface area (Å²) in [5.74, 6) is 0. The highest BCUT2D eigenvalue weighted by molar-refractivity contribution is 8.03. The Labute approximate surface area is 111 Å². The molecule has 18 heavy (non-hydrogen) atoms. The van der Waals surface area contributed by atoms with Crippen molar-refractivity contribution >= 4 is 17.6 Å². The minimum atomic E-state index is 1.01. The summed E-state index contributed by atoms with van der Waals surface area (Å²) in [6.07, 6.45) is 3.28. The van der Waals surface area contributed by atoms with E-state index in [2.05, 4.69) is 58.3 Å². The molecule has 1 aliphatic heterocycles. The SMILES string of the molecule is C1=CSN(c2cccc3c2Cc2ccccc2-3)C1. The van der Waals surface area contributed by atoms with E-state index in [1.807, 2.05) is 0 Å². The molecule has 2 aromatic rings. The van der Waals surface area contributed by atoms with Gasteiger partial charge in [-0.05, 0) is 45.7 Å². The van der Waals surface area contributed by atoms with E-state index in [-0.39, 0.29) is 0 Å². The minimum Gasteiger partial charge on any atom is -0.308 e. The van der Waals surface area contributed by atoms with Gasteiger partial charge in [0, 0.05) is 13.0 Å². The highest BCUT2D eigenvalue weighted by Crippen LogP contribution is 2.43. The first kappa shape index (κ1) is 10.3. The van der Waals surface area contributed by atoms with Crippen LogP contribution in [0.15, 0.2) is 53.9 Å². The van der Waals surface area contributed by atoms with Crippen LogP contribution in [0, 0.1) is 0 Å². The summed E-state index contributed by atoms with van der Waals surface area (Å²) >= 11 is 1.79. The number of nitrogens with zero attached hydrogens (tertiary/aromatic N) is 1. The van der Waals surface area contributed by atoms with E-state index >= 15 is 0 Å². The Hall–Kier alpha value is -1.67. The largest absolute Gasteiger partial charge is 0.308 e. The second-order valence-corrected chi connectivity index (χ2v) is 5.60. The van der Waals surface area contributed by atoms with Crippen molar-refractivity contribution in [1.82, 2.24) is 0 Å². The van der Waals surface area contributed by atoms with E-state index in [0.29, 0.717) is 0 Å². The highest BCUT2D eigenvalue weighted by Gasteiger charge is 2.23. The third kappa shape index (κ3) is 1.42. The summed E-state index contributed by atoms with van der Waals surface area (Å²) in [6, 6.07) is 15.4. The van der Waals surface area contributed by atoms with Crippen molar-refractivity contribution in [1.29, 1.82) is 0 Å². The van der Waals surface area contributed by atoms with Crippen LogP contribution >= 0.6 is 11.9 Å². The van der Waals surface area contributed by atoms with Crippen LogP contribution in [0.3, 0.4) is 0 Å². The van der Waals surface area contributed by atoms with Gasteiger partial charge in [-0.1, -0.05) is 42.5 Å². The van der Waals surface area contributed by atoms with Crippen LogP contribution in [0.4, 0.5) is 5.69 Å². The van der Waals surface area contributed by atoms with Gasteiger partial charge in [-0.2, -0.15) is 0 Å². The van der Waals surface area contributed by atoms with Crippen LogP contribution in [0.1, 0.15) is 11.1 Å². The number of rotatable bonds is 1. The van der Waals surface area contributed by atoms with Gasteiger partial charge in [0.15, 0.2) is 0 Å². The van der Waals surface area contributed by atoms with E-state index in [1.54, 1.807) is 11.9 Å². The molecule has 0 fully saturated rings. The molecule has 1 heterocycles. The first-order chi connectivity index (χ1) is 8.93. The van der Waals surface area contributed by atoms with Crippen LogP contribution < -0.4 is 4.31 Å². The Balaban J connectivity index is 1.86. The molecule has 0 unspecified atom stereocenters. The minimum absolute atomic E-state index is 1.01. The van der Waals surface area contributed by atoms with Crippen LogP contribution in [-0.4, -0.2) is 6.54 Å². The second kappa shape index (κ2) is 3.92. The Morgan fingerprint density at radius 1 is 0.944 bits per heavy atom. The quantitative estimate of drug-likeness (QED) is 0.595. The molecule has 2 aliphatic rings. The molecule has 0 saturated carbocycles. The number of anilines is 1. The number of fused-ring (bicyclic) bond motifs is 3. The summed E-state index contributed by atoms with van der Waals surface area (Å²) < 4.78 is 2.37. The number of hydrogen-bond donors (Lipinski definition) is 0. The topological polar surface area (TPSA) is 3.24 Å². The Kier molecular flexibility index (Phi) is 2.24. The van der Waals surface area contributed by atoms with Gasteiger partial charge in [-0.15, -0.1) is 0 Å². The Morgan fingerprint density at radius 3 is 2.72 bits per heavy atom. The molecule has 0 radical (unpaired) electrons. The fourth-order valence-electron chi connectivity index (χ4n) is 2.83. The maximum absolute atomic E-state index is 2.37. The van der Waals surface area contributed by atoms with E-state index in [9.17, 15) is 0 Å². The molecule has 1 aliphatic carbocycles. The summed E-state index contributed by atoms with van der Waals surface area (Å²) in [4.78, 5) is 0. The van der Waals surface area contributed by atoms with Crippen LogP contribution in [0.25, 0.3) is 11.1 Å². The molecule has 2 aromatic carbocycles. The maximum atomic E-state index is 2.37. The lowest BCUT2D eigenvalue weighted by molar-refractivity contribution is 1.18. The molecule has 0 amide bonds. The van der Waals surface area contributed by atoms with Gasteiger partial charge >= 0.3 is 0 Å². The fraction of sp³-hybridized carbons (Fsp3) is 0.125. The zero-order valence-electron chi connectivity index (χ0n) is 9.97. The first-order valence-electron chi connectivity index (χ1n) is 6.23. The smallest absolute Gasteiger partial charge is 0.0518 e. The standard InChI is InChI=1S/C16H13NS/c1-2-6-13-12(5-1)11-15-14(13)7-3-8-16(15)17-9-4-10-18-17/h1-8,10H,9,11H2. The monoisotopic (exact) mass is 251 g/mol. The van der Waals surface area contributed by atoms with Crippen molar-refractivity contribution in [3.63, 3.8) is 0 Å². The van der Waals surface area contributed by atoms with Crippen molar-refractivity contribution in [2.75, 3.05) is 10.8 Å². The molecule has 88 valence electrons. The van der Waals surface area contributed by atoms with Crippen LogP contribution in [0.2, 0.25) is 0 Å². The molecule has 0 atom stereocenters. The predicted octanol–water partition coefficient (Wildman–Crippen LogP) is 4.24. The van der Waals surface area contributed by atoms with E-state index < -0.39 is 0 Å². The number of benzene rings is 2. The Bertz CT molecular complexity index is 637. The molecular weight excluding hydrogens is 238 g/mol. The molecule has 4 rings (SSSR count). The summed E-state index contributed by atoms with van der Waals surface area (Å²) in [5, 5.41) is 2.17. The normalized spacial score (nSPS) is 15.9. The number of hydrogen-bond acceptors (Lipinski definition) is 2. The average molecular weight is 251 g/mol. The zero-order chi connectivity index (χ0) is 11.9. The van der Waals surface area contributed by atoms with Crippen LogP contribution in [-0.2, 0) is 6.42 Å². The molecule has 0 N–H and O–H groups in total. The van der Waals surface area contributed by atoms with E-state index in [1.165, 1.54) is 27.9 Å². The van der Waals surface area contributed by atoms with Gasteiger partial charge < -0.3 is 4.31 Å². The van der Waals surface area contributed by atoms with Crippen molar-refractivity contribution in [3.05, 3.63) is 65.1 Å². The van der Waals surface area contributed by atoms with Crippen molar-refractivity contribution in [2.45, 2.75) is 6.42 Å². The van der Waals surface area contributed by atoms with Crippen molar-refractivity contribution in [2.24, 2.45) is 0 Å². The van der Waals surface area contributed by atoms with Crippen molar-refractivity contribution < 1.29 is 0 Å². The van der Waals surface area contributed by atoms with Gasteiger partial charge in [0.2, 0.25) is 0 Å². The van der Waals surface area contributed by atoms with Gasteiger partial charge in [-0.3, -0.25) is 0 Å². The van der Waals surface area contributed by atoms with E-state index in [4.69, 9.17) is 0 Å². The summed E-state index contributed by atoms with van der Waals surface area (Å²) in [6.45, 7) is 1.01. The van der Waals surface area contributed by atoms with E-state index in [0.717, 1.165) is 13.0 Å².